The number of hydrogen-bond donors (Lipinski definition) is 1. The second kappa shape index (κ2) is 1.59. The Morgan fingerprint density at radius 2 is 1.50 bits per heavy atom. The van der Waals surface area contributed by atoms with E-state index in [-0.39, 0.29) is 1.43 Å². The molecule has 0 saturated heterocycles. The van der Waals surface area contributed by atoms with Gasteiger partial charge in [-0.25, -0.2) is 0 Å². The lowest BCUT2D eigenvalue weighted by atomic mass is 11.6. The fourth-order valence-electron chi connectivity index (χ4n) is 0. The highest BCUT2D eigenvalue weighted by atomic mass is 32.2. The van der Waals surface area contributed by atoms with Crippen LogP contribution in [0.5, 0.6) is 0 Å². The molecule has 0 aliphatic heterocycles. The third kappa shape index (κ3) is 1.66. The van der Waals surface area contributed by atoms with E-state index in [4.69, 9.17) is 13.0 Å². The molecule has 0 saturated carbocycles. The second-order valence-electron chi connectivity index (χ2n) is 0.921. The van der Waals surface area contributed by atoms with E-state index in [0.717, 1.165) is 0 Å². The Hall–Kier alpha value is -0.300. The maximum Gasteiger partial charge on any atom is 0.522 e. The summed E-state index contributed by atoms with van der Waals surface area (Å²) in [6, 6.07) is 0. The first-order valence-electron chi connectivity index (χ1n) is 1.29. The van der Waals surface area contributed by atoms with Crippen LogP contribution in [0.25, 0.3) is 0 Å². The van der Waals surface area contributed by atoms with E-state index in [9.17, 15) is 13.2 Å². The summed E-state index contributed by atoms with van der Waals surface area (Å²) in [6.07, 6.45) is 0. The van der Waals surface area contributed by atoms with Gasteiger partial charge in [0, 0.05) is 1.43 Å². The molecule has 7 heteroatoms. The van der Waals surface area contributed by atoms with E-state index >= 15 is 0 Å². The lowest BCUT2D eigenvalue weighted by molar-refractivity contribution is -0.0510. The zero-order valence-electron chi connectivity index (χ0n) is 4.31. The third-order valence-corrected chi connectivity index (χ3v) is 0.877. The summed E-state index contributed by atoms with van der Waals surface area (Å²) in [4.78, 5) is 0. The van der Waals surface area contributed by atoms with E-state index in [0.29, 0.717) is 0 Å². The Morgan fingerprint density at radius 1 is 1.38 bits per heavy atom. The maximum atomic E-state index is 10.7. The third-order valence-electron chi connectivity index (χ3n) is 0.292. The first-order valence-corrected chi connectivity index (χ1v) is 2.73. The Balaban J connectivity index is 0. The van der Waals surface area contributed by atoms with Crippen LogP contribution in [0, 0.1) is 0 Å². The lowest BCUT2D eigenvalue weighted by Gasteiger charge is -1.97. The van der Waals surface area contributed by atoms with Gasteiger partial charge >= 0.3 is 15.6 Å². The van der Waals surface area contributed by atoms with Gasteiger partial charge in [0.15, 0.2) is 0 Å². The van der Waals surface area contributed by atoms with Crippen molar-refractivity contribution in [1.29, 1.82) is 0 Å². The average Bonchev–Trinajstić information content (AvgIpc) is 1.25. The molecule has 0 rings (SSSR count). The lowest BCUT2D eigenvalue weighted by Crippen LogP contribution is -2.21. The molecular weight excluding hydrogens is 149 g/mol. The Bertz CT molecular complexity index is 168. The fourth-order valence-corrected chi connectivity index (χ4v) is 0. The molecule has 8 heavy (non-hydrogen) atoms. The summed E-state index contributed by atoms with van der Waals surface area (Å²) in [6.45, 7) is 0. The molecule has 1 radical (unpaired) electrons. The zero-order chi connectivity index (χ0) is 7.00. The van der Waals surface area contributed by atoms with Crippen LogP contribution in [0.1, 0.15) is 1.43 Å². The number of halogens is 3. The molecule has 0 bridgehead atoms. The molecule has 51 valence electrons. The van der Waals surface area contributed by atoms with Gasteiger partial charge in [-0.1, -0.05) is 0 Å². The van der Waals surface area contributed by atoms with E-state index in [1.165, 1.54) is 0 Å². The minimum absolute atomic E-state index is 0. The molecule has 3 nitrogen and oxygen atoms in total. The smallest absolute Gasteiger partial charge is 0.279 e. The predicted molar refractivity (Wildman–Crippen MR) is 18.7 cm³/mol. The first-order chi connectivity index (χ1) is 3.25. The molecule has 0 heterocycles. The van der Waals surface area contributed by atoms with Crippen molar-refractivity contribution in [1.82, 2.24) is 0 Å². The van der Waals surface area contributed by atoms with Crippen molar-refractivity contribution in [3.63, 3.8) is 0 Å². The maximum absolute atomic E-state index is 10.7. The molecule has 0 spiro atoms. The van der Waals surface area contributed by atoms with Gasteiger partial charge < -0.3 is 0 Å². The molecule has 0 aromatic heterocycles. The van der Waals surface area contributed by atoms with E-state index in [2.05, 4.69) is 0 Å². The molecule has 0 atom stereocenters. The Kier molecular flexibility index (Phi) is 1.53. The molecule has 0 aromatic rings. The molecule has 0 unspecified atom stereocenters. The van der Waals surface area contributed by atoms with Gasteiger partial charge in [0.25, 0.3) is 0 Å². The molecule has 0 fully saturated rings. The van der Waals surface area contributed by atoms with Gasteiger partial charge in [0.05, 0.1) is 0 Å². The highest BCUT2D eigenvalue weighted by Crippen LogP contribution is 2.20. The summed E-state index contributed by atoms with van der Waals surface area (Å²) < 4.78 is 57.5. The van der Waals surface area contributed by atoms with E-state index in [1.807, 2.05) is 0 Å². The van der Waals surface area contributed by atoms with Crippen molar-refractivity contribution < 1.29 is 27.6 Å². The van der Waals surface area contributed by atoms with Gasteiger partial charge in [-0.15, -0.1) is 0 Å². The summed E-state index contributed by atoms with van der Waals surface area (Å²) in [5.41, 5.74) is -5.53. The van der Waals surface area contributed by atoms with Crippen LogP contribution in [0.3, 0.4) is 0 Å². The highest BCUT2D eigenvalue weighted by molar-refractivity contribution is 7.86. The van der Waals surface area contributed by atoms with Crippen LogP contribution in [-0.4, -0.2) is 18.5 Å². The van der Waals surface area contributed by atoms with Crippen LogP contribution >= 0.6 is 0 Å². The molecular formula is CH2F3O3S. The summed E-state index contributed by atoms with van der Waals surface area (Å²) in [5, 5.41) is 0. The van der Waals surface area contributed by atoms with Crippen molar-refractivity contribution in [3.8, 4) is 0 Å². The van der Waals surface area contributed by atoms with Gasteiger partial charge in [-0.2, -0.15) is 21.6 Å². The predicted octanol–water partition coefficient (Wildman–Crippen LogP) is 0.507. The summed E-state index contributed by atoms with van der Waals surface area (Å²) >= 11 is 0. The van der Waals surface area contributed by atoms with Crippen LogP contribution in [0.2, 0.25) is 0 Å². The summed E-state index contributed by atoms with van der Waals surface area (Å²) in [5.74, 6) is 0. The average molecular weight is 152 g/mol. The van der Waals surface area contributed by atoms with E-state index in [1.54, 1.807) is 0 Å². The van der Waals surface area contributed by atoms with Gasteiger partial charge in [-0.3, -0.25) is 4.55 Å². The van der Waals surface area contributed by atoms with Gasteiger partial charge in [0.2, 0.25) is 0 Å². The van der Waals surface area contributed by atoms with E-state index < -0.39 is 15.6 Å². The molecule has 0 aliphatic rings. The fraction of sp³-hybridized carbons (Fsp3) is 1.00. The van der Waals surface area contributed by atoms with Crippen LogP contribution in [0.4, 0.5) is 13.2 Å². The molecule has 1 N–H and O–H groups in total. The summed E-state index contributed by atoms with van der Waals surface area (Å²) in [7, 11) is -5.84. The topological polar surface area (TPSA) is 54.4 Å². The molecule has 0 aromatic carbocycles. The SMILES string of the molecule is O=S(=O)(O)C(F)(F)F.[2H]. The zero-order valence-corrected chi connectivity index (χ0v) is 4.12. The minimum atomic E-state index is -5.84. The first kappa shape index (κ1) is 7.70. The van der Waals surface area contributed by atoms with Gasteiger partial charge in [0.1, 0.15) is 0 Å². The van der Waals surface area contributed by atoms with Crippen molar-refractivity contribution in [3.05, 3.63) is 0 Å². The second-order valence-corrected chi connectivity index (χ2v) is 2.33. The quantitative estimate of drug-likeness (QED) is 0.406. The monoisotopic (exact) mass is 152 g/mol. The van der Waals surface area contributed by atoms with Crippen LogP contribution in [0.15, 0.2) is 0 Å². The van der Waals surface area contributed by atoms with Crippen LogP contribution in [-0.2, 0) is 10.1 Å². The number of rotatable bonds is 0. The highest BCUT2D eigenvalue weighted by Gasteiger charge is 2.44. The van der Waals surface area contributed by atoms with Crippen molar-refractivity contribution in [2.24, 2.45) is 0 Å². The normalized spacial score (nSPS) is 14.0. The number of alkyl halides is 3. The Labute approximate surface area is 44.3 Å². The molecule has 0 amide bonds. The largest absolute Gasteiger partial charge is 0.522 e. The van der Waals surface area contributed by atoms with Crippen molar-refractivity contribution >= 4 is 10.1 Å². The van der Waals surface area contributed by atoms with Gasteiger partial charge in [-0.05, 0) is 0 Å². The number of hydrogen-bond acceptors (Lipinski definition) is 2. The Morgan fingerprint density at radius 3 is 1.50 bits per heavy atom. The standard InChI is InChI=1S/CHF3O3S.H/c2-1(3,4)8(5,6)7;/h(H,5,6,7);/i;1+1. The van der Waals surface area contributed by atoms with Crippen molar-refractivity contribution in [2.75, 3.05) is 0 Å². The minimum Gasteiger partial charge on any atom is -0.279 e. The van der Waals surface area contributed by atoms with Crippen LogP contribution < -0.4 is 0 Å². The van der Waals surface area contributed by atoms with Crippen molar-refractivity contribution in [2.45, 2.75) is 5.51 Å². The molecule has 0 aliphatic carbocycles.